The van der Waals surface area contributed by atoms with Gasteiger partial charge in [0, 0.05) is 13.6 Å². The zero-order valence-corrected chi connectivity index (χ0v) is 13.5. The van der Waals surface area contributed by atoms with E-state index in [-0.39, 0.29) is 12.5 Å². The number of amides is 1. The summed E-state index contributed by atoms with van der Waals surface area (Å²) in [4.78, 5) is 29.8. The highest BCUT2D eigenvalue weighted by Crippen LogP contribution is 2.22. The van der Waals surface area contributed by atoms with E-state index in [0.29, 0.717) is 10.8 Å². The van der Waals surface area contributed by atoms with E-state index in [1.807, 2.05) is 6.92 Å². The molecule has 1 heterocycles. The maximum absolute atomic E-state index is 12.4. The lowest BCUT2D eigenvalue weighted by molar-refractivity contribution is -0.141. The quantitative estimate of drug-likeness (QED) is 0.875. The van der Waals surface area contributed by atoms with Crippen LogP contribution in [0.4, 0.5) is 0 Å². The fourth-order valence-corrected chi connectivity index (χ4v) is 2.85. The Morgan fingerprint density at radius 1 is 1.35 bits per heavy atom. The molecule has 0 spiro atoms. The lowest BCUT2D eigenvalue weighted by Crippen LogP contribution is -2.33. The summed E-state index contributed by atoms with van der Waals surface area (Å²) in [6, 6.07) is 0. The van der Waals surface area contributed by atoms with Crippen LogP contribution >= 0.6 is 11.3 Å². The van der Waals surface area contributed by atoms with E-state index < -0.39 is 11.9 Å². The van der Waals surface area contributed by atoms with Crippen LogP contribution in [0.5, 0.6) is 0 Å². The molecule has 0 saturated heterocycles. The molecule has 5 nitrogen and oxygen atoms in total. The van der Waals surface area contributed by atoms with Gasteiger partial charge >= 0.3 is 5.97 Å². The van der Waals surface area contributed by atoms with Crippen molar-refractivity contribution in [3.63, 3.8) is 0 Å². The van der Waals surface area contributed by atoms with E-state index >= 15 is 0 Å². The van der Waals surface area contributed by atoms with Crippen molar-refractivity contribution in [2.24, 2.45) is 11.8 Å². The predicted octanol–water partition coefficient (Wildman–Crippen LogP) is 2.44. The molecule has 0 saturated carbocycles. The van der Waals surface area contributed by atoms with Crippen LogP contribution in [0, 0.1) is 18.8 Å². The third-order valence-electron chi connectivity index (χ3n) is 2.92. The number of aromatic nitrogens is 1. The molecule has 20 heavy (non-hydrogen) atoms. The van der Waals surface area contributed by atoms with Gasteiger partial charge in [0.05, 0.1) is 16.6 Å². The summed E-state index contributed by atoms with van der Waals surface area (Å²) < 4.78 is 0. The molecule has 0 fully saturated rings. The second-order valence-corrected chi connectivity index (χ2v) is 6.73. The molecule has 1 unspecified atom stereocenters. The number of aryl methyl sites for hydroxylation is 1. The highest BCUT2D eigenvalue weighted by Gasteiger charge is 2.23. The average Bonchev–Trinajstić information content (AvgIpc) is 2.67. The molecule has 0 radical (unpaired) electrons. The number of carboxylic acids is 1. The second-order valence-electron chi connectivity index (χ2n) is 5.53. The highest BCUT2D eigenvalue weighted by molar-refractivity contribution is 7.13. The smallest absolute Gasteiger partial charge is 0.308 e. The van der Waals surface area contributed by atoms with Gasteiger partial charge in [-0.15, -0.1) is 11.3 Å². The lowest BCUT2D eigenvalue weighted by atomic mass is 10.1. The first-order valence-electron chi connectivity index (χ1n) is 6.67. The van der Waals surface area contributed by atoms with Crippen LogP contribution in [-0.4, -0.2) is 40.5 Å². The zero-order chi connectivity index (χ0) is 15.4. The Balaban J connectivity index is 2.88. The summed E-state index contributed by atoms with van der Waals surface area (Å²) in [6.07, 6.45) is 0.758. The minimum Gasteiger partial charge on any atom is -0.481 e. The first-order chi connectivity index (χ1) is 9.22. The molecule has 1 atom stereocenters. The molecule has 1 amide bonds. The molecule has 1 rings (SSSR count). The maximum atomic E-state index is 12.4. The van der Waals surface area contributed by atoms with E-state index in [1.54, 1.807) is 14.0 Å². The Hall–Kier alpha value is -1.43. The standard InChI is InChI=1S/C14H22N2O3S/c1-8(2)6-11-12(20-10(4)15-11)13(17)16(5)7-9(3)14(18)19/h8-9H,6-7H2,1-5H3,(H,18,19). The highest BCUT2D eigenvalue weighted by atomic mass is 32.1. The molecule has 112 valence electrons. The number of carboxylic acid groups (broad SMARTS) is 1. The monoisotopic (exact) mass is 298 g/mol. The number of nitrogens with zero attached hydrogens (tertiary/aromatic N) is 2. The van der Waals surface area contributed by atoms with Crippen molar-refractivity contribution in [2.45, 2.75) is 34.1 Å². The summed E-state index contributed by atoms with van der Waals surface area (Å²) in [5.41, 5.74) is 0.822. The number of aliphatic carboxylic acids is 1. The summed E-state index contributed by atoms with van der Waals surface area (Å²) in [6.45, 7) is 7.84. The Labute approximate surface area is 123 Å². The first kappa shape index (κ1) is 16.6. The third-order valence-corrected chi connectivity index (χ3v) is 3.92. The third kappa shape index (κ3) is 4.30. The molecule has 0 bridgehead atoms. The van der Waals surface area contributed by atoms with Crippen molar-refractivity contribution >= 4 is 23.2 Å². The van der Waals surface area contributed by atoms with Gasteiger partial charge in [-0.3, -0.25) is 9.59 Å². The second kappa shape index (κ2) is 6.83. The molecule has 1 aromatic heterocycles. The minimum absolute atomic E-state index is 0.139. The van der Waals surface area contributed by atoms with Crippen LogP contribution in [-0.2, 0) is 11.2 Å². The van der Waals surface area contributed by atoms with Crippen molar-refractivity contribution in [2.75, 3.05) is 13.6 Å². The van der Waals surface area contributed by atoms with Gasteiger partial charge in [-0.25, -0.2) is 4.98 Å². The summed E-state index contributed by atoms with van der Waals surface area (Å²) >= 11 is 1.38. The van der Waals surface area contributed by atoms with Gasteiger partial charge < -0.3 is 10.0 Å². The van der Waals surface area contributed by atoms with Crippen molar-refractivity contribution < 1.29 is 14.7 Å². The number of carbonyl (C=O) groups is 2. The van der Waals surface area contributed by atoms with E-state index in [2.05, 4.69) is 18.8 Å². The summed E-state index contributed by atoms with van der Waals surface area (Å²) in [5.74, 6) is -1.19. The first-order valence-corrected chi connectivity index (χ1v) is 7.48. The Kier molecular flexibility index (Phi) is 5.68. The van der Waals surface area contributed by atoms with Crippen LogP contribution < -0.4 is 0 Å². The van der Waals surface area contributed by atoms with E-state index in [4.69, 9.17) is 5.11 Å². The Bertz CT molecular complexity index is 497. The fraction of sp³-hybridized carbons (Fsp3) is 0.643. The number of hydrogen-bond acceptors (Lipinski definition) is 4. The summed E-state index contributed by atoms with van der Waals surface area (Å²) in [5, 5.41) is 9.78. The molecule has 1 aromatic rings. The van der Waals surface area contributed by atoms with Gasteiger partial charge in [0.1, 0.15) is 4.88 Å². The van der Waals surface area contributed by atoms with Gasteiger partial charge in [-0.05, 0) is 19.3 Å². The van der Waals surface area contributed by atoms with Crippen LogP contribution in [0.15, 0.2) is 0 Å². The SMILES string of the molecule is Cc1nc(CC(C)C)c(C(=O)N(C)CC(C)C(=O)O)s1. The van der Waals surface area contributed by atoms with Crippen molar-refractivity contribution in [1.29, 1.82) is 0 Å². The number of rotatable bonds is 6. The summed E-state index contributed by atoms with van der Waals surface area (Å²) in [7, 11) is 1.63. The van der Waals surface area contributed by atoms with Gasteiger partial charge in [-0.1, -0.05) is 20.8 Å². The van der Waals surface area contributed by atoms with Gasteiger partial charge in [0.15, 0.2) is 0 Å². The topological polar surface area (TPSA) is 70.5 Å². The molecular formula is C14H22N2O3S. The number of carbonyl (C=O) groups excluding carboxylic acids is 1. The van der Waals surface area contributed by atoms with Crippen LogP contribution in [0.25, 0.3) is 0 Å². The number of thiazole rings is 1. The van der Waals surface area contributed by atoms with Gasteiger partial charge in [0.2, 0.25) is 0 Å². The van der Waals surface area contributed by atoms with Gasteiger partial charge in [-0.2, -0.15) is 0 Å². The fourth-order valence-electron chi connectivity index (χ4n) is 1.91. The Morgan fingerprint density at radius 2 is 1.95 bits per heavy atom. The van der Waals surface area contributed by atoms with E-state index in [0.717, 1.165) is 17.1 Å². The predicted molar refractivity (Wildman–Crippen MR) is 79.2 cm³/mol. The molecule has 0 aromatic carbocycles. The van der Waals surface area contributed by atoms with Gasteiger partial charge in [0.25, 0.3) is 5.91 Å². The molecule has 1 N–H and O–H groups in total. The van der Waals surface area contributed by atoms with E-state index in [9.17, 15) is 9.59 Å². The van der Waals surface area contributed by atoms with Crippen molar-refractivity contribution in [1.82, 2.24) is 9.88 Å². The van der Waals surface area contributed by atoms with Crippen molar-refractivity contribution in [3.8, 4) is 0 Å². The largest absolute Gasteiger partial charge is 0.481 e. The van der Waals surface area contributed by atoms with Crippen LogP contribution in [0.2, 0.25) is 0 Å². The van der Waals surface area contributed by atoms with E-state index in [1.165, 1.54) is 16.2 Å². The Morgan fingerprint density at radius 3 is 2.45 bits per heavy atom. The van der Waals surface area contributed by atoms with Crippen LogP contribution in [0.3, 0.4) is 0 Å². The lowest BCUT2D eigenvalue weighted by Gasteiger charge is -2.19. The maximum Gasteiger partial charge on any atom is 0.308 e. The normalized spacial score (nSPS) is 12.5. The average molecular weight is 298 g/mol. The minimum atomic E-state index is -0.896. The zero-order valence-electron chi connectivity index (χ0n) is 12.6. The molecule has 0 aliphatic heterocycles. The molecular weight excluding hydrogens is 276 g/mol. The number of hydrogen-bond donors (Lipinski definition) is 1. The molecule has 0 aliphatic carbocycles. The molecule has 0 aliphatic rings. The molecule has 6 heteroatoms. The van der Waals surface area contributed by atoms with Crippen molar-refractivity contribution in [3.05, 3.63) is 15.6 Å². The van der Waals surface area contributed by atoms with Crippen LogP contribution in [0.1, 0.15) is 41.1 Å².